The Labute approximate surface area is 75.1 Å². The molecule has 0 aromatic carbocycles. The molecule has 1 saturated carbocycles. The molecule has 0 bridgehead atoms. The molecule has 1 unspecified atom stereocenters. The highest BCUT2D eigenvalue weighted by Crippen LogP contribution is 2.39. The minimum atomic E-state index is 0.900. The Balaban J connectivity index is 2.02. The summed E-state index contributed by atoms with van der Waals surface area (Å²) in [6.45, 7) is 7.01. The molecule has 1 heteroatoms. The van der Waals surface area contributed by atoms with E-state index in [0.717, 1.165) is 16.4 Å². The third-order valence-corrected chi connectivity index (χ3v) is 3.92. The van der Waals surface area contributed by atoms with Gasteiger partial charge in [0.15, 0.2) is 0 Å². The fraction of sp³-hybridized carbons (Fsp3) is 1.00. The van der Waals surface area contributed by atoms with Gasteiger partial charge in [-0.25, -0.2) is 0 Å². The first-order valence-electron chi connectivity index (χ1n) is 4.87. The first-order chi connectivity index (χ1) is 5.22. The molecule has 0 saturated heterocycles. The van der Waals surface area contributed by atoms with Gasteiger partial charge < -0.3 is 0 Å². The minimum Gasteiger partial charge on any atom is -0.155 e. The maximum Gasteiger partial charge on any atom is 0.00548 e. The summed E-state index contributed by atoms with van der Waals surface area (Å²) in [5.74, 6) is 1.02. The summed E-state index contributed by atoms with van der Waals surface area (Å²) < 4.78 is 0. The summed E-state index contributed by atoms with van der Waals surface area (Å²) in [7, 11) is 0. The van der Waals surface area contributed by atoms with Gasteiger partial charge in [0.25, 0.3) is 0 Å². The molecule has 0 amide bonds. The molecule has 0 aliphatic heterocycles. The lowest BCUT2D eigenvalue weighted by Crippen LogP contribution is -2.25. The van der Waals surface area contributed by atoms with Crippen molar-refractivity contribution in [1.29, 1.82) is 0 Å². The van der Waals surface area contributed by atoms with Crippen molar-refractivity contribution < 1.29 is 0 Å². The van der Waals surface area contributed by atoms with E-state index >= 15 is 0 Å². The molecular formula is C10H20S. The van der Waals surface area contributed by atoms with Crippen LogP contribution in [-0.4, -0.2) is 10.5 Å². The average molecular weight is 172 g/mol. The van der Waals surface area contributed by atoms with Gasteiger partial charge in [-0.2, -0.15) is 11.8 Å². The smallest absolute Gasteiger partial charge is 0.00548 e. The van der Waals surface area contributed by atoms with Crippen LogP contribution in [0.5, 0.6) is 0 Å². The van der Waals surface area contributed by atoms with Crippen LogP contribution in [0.4, 0.5) is 0 Å². The van der Waals surface area contributed by atoms with E-state index in [4.69, 9.17) is 0 Å². The molecule has 1 aliphatic carbocycles. The van der Waals surface area contributed by atoms with Crippen molar-refractivity contribution in [1.82, 2.24) is 0 Å². The Morgan fingerprint density at radius 2 is 2.09 bits per heavy atom. The highest BCUT2D eigenvalue weighted by atomic mass is 32.2. The van der Waals surface area contributed by atoms with Gasteiger partial charge in [-0.05, 0) is 25.2 Å². The van der Waals surface area contributed by atoms with E-state index in [0.29, 0.717) is 0 Å². The predicted molar refractivity (Wildman–Crippen MR) is 54.1 cm³/mol. The van der Waals surface area contributed by atoms with Gasteiger partial charge >= 0.3 is 0 Å². The summed E-state index contributed by atoms with van der Waals surface area (Å²) in [4.78, 5) is 0. The number of hydrogen-bond donors (Lipinski definition) is 0. The molecule has 1 aliphatic rings. The Hall–Kier alpha value is 0.350. The fourth-order valence-electron chi connectivity index (χ4n) is 1.74. The van der Waals surface area contributed by atoms with E-state index in [-0.39, 0.29) is 0 Å². The highest BCUT2D eigenvalue weighted by molar-refractivity contribution is 8.00. The van der Waals surface area contributed by atoms with Crippen molar-refractivity contribution in [3.8, 4) is 0 Å². The van der Waals surface area contributed by atoms with Crippen LogP contribution < -0.4 is 0 Å². The molecule has 11 heavy (non-hydrogen) atoms. The first kappa shape index (κ1) is 9.44. The Morgan fingerprint density at radius 3 is 2.55 bits per heavy atom. The highest BCUT2D eigenvalue weighted by Gasteiger charge is 2.26. The molecule has 0 N–H and O–H groups in total. The molecular weight excluding hydrogens is 152 g/mol. The monoisotopic (exact) mass is 172 g/mol. The molecule has 0 nitrogen and oxygen atoms in total. The summed E-state index contributed by atoms with van der Waals surface area (Å²) in [5, 5.41) is 1.91. The molecule has 0 aromatic heterocycles. The molecule has 1 fully saturated rings. The van der Waals surface area contributed by atoms with Crippen LogP contribution in [-0.2, 0) is 0 Å². The zero-order chi connectivity index (χ0) is 8.27. The van der Waals surface area contributed by atoms with Crippen LogP contribution in [0.2, 0.25) is 0 Å². The molecule has 66 valence electrons. The molecule has 0 aromatic rings. The number of hydrogen-bond acceptors (Lipinski definition) is 1. The topological polar surface area (TPSA) is 0 Å². The van der Waals surface area contributed by atoms with Gasteiger partial charge in [0.2, 0.25) is 0 Å². The minimum absolute atomic E-state index is 0.900. The van der Waals surface area contributed by atoms with Crippen LogP contribution in [0.25, 0.3) is 0 Å². The van der Waals surface area contributed by atoms with Crippen LogP contribution in [0.1, 0.15) is 46.5 Å². The summed E-state index contributed by atoms with van der Waals surface area (Å²) in [5.41, 5.74) is 0. The first-order valence-corrected chi connectivity index (χ1v) is 5.82. The second-order valence-electron chi connectivity index (χ2n) is 3.93. The van der Waals surface area contributed by atoms with Crippen molar-refractivity contribution in [2.45, 2.75) is 57.0 Å². The second kappa shape index (κ2) is 4.39. The van der Waals surface area contributed by atoms with E-state index in [2.05, 4.69) is 32.5 Å². The maximum absolute atomic E-state index is 2.37. The SMILES string of the molecule is CCCC(C)SC1CC(C)C1. The van der Waals surface area contributed by atoms with Gasteiger partial charge in [0.1, 0.15) is 0 Å². The zero-order valence-electron chi connectivity index (χ0n) is 7.97. The van der Waals surface area contributed by atoms with E-state index in [1.165, 1.54) is 25.7 Å². The largest absolute Gasteiger partial charge is 0.155 e. The quantitative estimate of drug-likeness (QED) is 0.623. The standard InChI is InChI=1S/C10H20S/c1-4-5-9(3)11-10-6-8(2)7-10/h8-10H,4-7H2,1-3H3. The Morgan fingerprint density at radius 1 is 1.45 bits per heavy atom. The molecule has 1 rings (SSSR count). The fourth-order valence-corrected chi connectivity index (χ4v) is 3.65. The lowest BCUT2D eigenvalue weighted by atomic mass is 9.87. The van der Waals surface area contributed by atoms with Crippen LogP contribution in [0.15, 0.2) is 0 Å². The number of thioether (sulfide) groups is 1. The molecule has 0 radical (unpaired) electrons. The maximum atomic E-state index is 2.37. The third kappa shape index (κ3) is 3.06. The Bertz CT molecular complexity index is 103. The Kier molecular flexibility index (Phi) is 3.77. The lowest BCUT2D eigenvalue weighted by molar-refractivity contribution is 0.359. The molecule has 0 heterocycles. The van der Waals surface area contributed by atoms with E-state index < -0.39 is 0 Å². The second-order valence-corrected chi connectivity index (χ2v) is 5.68. The van der Waals surface area contributed by atoms with Gasteiger partial charge in [-0.15, -0.1) is 0 Å². The molecule has 1 atom stereocenters. The van der Waals surface area contributed by atoms with Crippen molar-refractivity contribution >= 4 is 11.8 Å². The molecule has 0 spiro atoms. The van der Waals surface area contributed by atoms with E-state index in [1.807, 2.05) is 0 Å². The average Bonchev–Trinajstić information content (AvgIpc) is 1.85. The van der Waals surface area contributed by atoms with Crippen LogP contribution >= 0.6 is 11.8 Å². The normalized spacial score (nSPS) is 33.0. The van der Waals surface area contributed by atoms with Crippen LogP contribution in [0.3, 0.4) is 0 Å². The van der Waals surface area contributed by atoms with Gasteiger partial charge in [-0.1, -0.05) is 27.2 Å². The third-order valence-electron chi connectivity index (χ3n) is 2.45. The van der Waals surface area contributed by atoms with Gasteiger partial charge in [0.05, 0.1) is 0 Å². The van der Waals surface area contributed by atoms with Crippen molar-refractivity contribution in [3.63, 3.8) is 0 Å². The van der Waals surface area contributed by atoms with E-state index in [1.54, 1.807) is 0 Å². The lowest BCUT2D eigenvalue weighted by Gasteiger charge is -2.33. The van der Waals surface area contributed by atoms with E-state index in [9.17, 15) is 0 Å². The predicted octanol–water partition coefficient (Wildman–Crippen LogP) is 3.71. The summed E-state index contributed by atoms with van der Waals surface area (Å²) >= 11 is 2.21. The summed E-state index contributed by atoms with van der Waals surface area (Å²) in [6, 6.07) is 0. The zero-order valence-corrected chi connectivity index (χ0v) is 8.79. The van der Waals surface area contributed by atoms with Crippen LogP contribution in [0, 0.1) is 5.92 Å². The van der Waals surface area contributed by atoms with Crippen molar-refractivity contribution in [2.75, 3.05) is 0 Å². The van der Waals surface area contributed by atoms with Gasteiger partial charge in [-0.3, -0.25) is 0 Å². The number of rotatable bonds is 4. The van der Waals surface area contributed by atoms with Crippen molar-refractivity contribution in [3.05, 3.63) is 0 Å². The van der Waals surface area contributed by atoms with Crippen molar-refractivity contribution in [2.24, 2.45) is 5.92 Å². The van der Waals surface area contributed by atoms with Gasteiger partial charge in [0, 0.05) is 10.5 Å². The summed E-state index contributed by atoms with van der Waals surface area (Å²) in [6.07, 6.45) is 5.68.